The Balaban J connectivity index is 3.07. The molecule has 1 aliphatic carbocycles. The first-order valence-electron chi connectivity index (χ1n) is 6.24. The molecule has 2 nitrogen and oxygen atoms in total. The van der Waals surface area contributed by atoms with Crippen molar-refractivity contribution in [2.24, 2.45) is 0 Å². The van der Waals surface area contributed by atoms with Crippen LogP contribution in [0.2, 0.25) is 18.1 Å². The molecular weight excluding hydrogens is 228 g/mol. The van der Waals surface area contributed by atoms with Crippen LogP contribution in [0.5, 0.6) is 0 Å². The van der Waals surface area contributed by atoms with E-state index in [1.807, 2.05) is 6.92 Å². The van der Waals surface area contributed by atoms with E-state index in [1.165, 1.54) is 16.7 Å². The number of allylic oxidation sites excluding steroid dienone is 4. The third-order valence-electron chi connectivity index (χ3n) is 4.48. The van der Waals surface area contributed by atoms with Gasteiger partial charge < -0.3 is 9.16 Å². The van der Waals surface area contributed by atoms with Crippen molar-refractivity contribution in [3.8, 4) is 0 Å². The monoisotopic (exact) mass is 254 g/mol. The van der Waals surface area contributed by atoms with Crippen LogP contribution in [-0.2, 0) is 9.16 Å². The summed E-state index contributed by atoms with van der Waals surface area (Å²) in [4.78, 5) is 0. The normalized spacial score (nSPS) is 27.4. The highest BCUT2D eigenvalue weighted by molar-refractivity contribution is 6.75. The van der Waals surface area contributed by atoms with Crippen molar-refractivity contribution in [3.63, 3.8) is 0 Å². The van der Waals surface area contributed by atoms with E-state index in [1.54, 1.807) is 7.11 Å². The van der Waals surface area contributed by atoms with Gasteiger partial charge in [-0.1, -0.05) is 24.1 Å². The minimum atomic E-state index is -1.88. The SMILES string of the molecule is COC(C)O[Si](C)(C)C1(C)C=C(C)C(C)=C1C. The van der Waals surface area contributed by atoms with Gasteiger partial charge >= 0.3 is 0 Å². The average Bonchev–Trinajstić information content (AvgIpc) is 2.43. The van der Waals surface area contributed by atoms with Crippen molar-refractivity contribution >= 4 is 8.32 Å². The van der Waals surface area contributed by atoms with Gasteiger partial charge in [-0.05, 0) is 46.4 Å². The maximum absolute atomic E-state index is 6.18. The Hall–Kier alpha value is -0.383. The molecule has 0 saturated heterocycles. The van der Waals surface area contributed by atoms with Crippen LogP contribution < -0.4 is 0 Å². The lowest BCUT2D eigenvalue weighted by atomic mass is 10.0. The van der Waals surface area contributed by atoms with Gasteiger partial charge in [0.15, 0.2) is 0 Å². The van der Waals surface area contributed by atoms with Gasteiger partial charge in [-0.2, -0.15) is 0 Å². The van der Waals surface area contributed by atoms with Gasteiger partial charge in [-0.25, -0.2) is 0 Å². The number of rotatable bonds is 4. The number of ether oxygens (including phenoxy) is 1. The minimum Gasteiger partial charge on any atom is -0.392 e. The number of hydrogen-bond donors (Lipinski definition) is 0. The zero-order chi connectivity index (χ0) is 13.4. The van der Waals surface area contributed by atoms with E-state index in [9.17, 15) is 0 Å². The van der Waals surface area contributed by atoms with Gasteiger partial charge in [0.25, 0.3) is 0 Å². The van der Waals surface area contributed by atoms with Crippen LogP contribution >= 0.6 is 0 Å². The highest BCUT2D eigenvalue weighted by Crippen LogP contribution is 2.53. The maximum atomic E-state index is 6.18. The Kier molecular flexibility index (Phi) is 4.07. The molecule has 0 fully saturated rings. The molecule has 0 radical (unpaired) electrons. The summed E-state index contributed by atoms with van der Waals surface area (Å²) >= 11 is 0. The predicted octanol–water partition coefficient (Wildman–Crippen LogP) is 4.26. The third kappa shape index (κ3) is 2.42. The molecular formula is C14H26O2Si. The van der Waals surface area contributed by atoms with Crippen molar-refractivity contribution in [2.45, 2.75) is 59.0 Å². The molecule has 2 unspecified atom stereocenters. The molecule has 0 aliphatic heterocycles. The molecule has 0 aromatic rings. The molecule has 0 heterocycles. The van der Waals surface area contributed by atoms with E-state index < -0.39 is 8.32 Å². The molecule has 1 rings (SSSR count). The van der Waals surface area contributed by atoms with E-state index in [-0.39, 0.29) is 11.3 Å². The van der Waals surface area contributed by atoms with Gasteiger partial charge in [0.2, 0.25) is 8.32 Å². The molecule has 0 saturated carbocycles. The van der Waals surface area contributed by atoms with Crippen LogP contribution in [-0.4, -0.2) is 21.7 Å². The lowest BCUT2D eigenvalue weighted by Crippen LogP contribution is -2.45. The fourth-order valence-electron chi connectivity index (χ4n) is 2.55. The first kappa shape index (κ1) is 14.7. The van der Waals surface area contributed by atoms with Gasteiger partial charge in [-0.3, -0.25) is 0 Å². The highest BCUT2D eigenvalue weighted by Gasteiger charge is 2.48. The molecule has 0 amide bonds. The summed E-state index contributed by atoms with van der Waals surface area (Å²) in [7, 11) is -0.189. The van der Waals surface area contributed by atoms with Crippen molar-refractivity contribution < 1.29 is 9.16 Å². The number of hydrogen-bond acceptors (Lipinski definition) is 2. The van der Waals surface area contributed by atoms with Crippen molar-refractivity contribution in [2.75, 3.05) is 7.11 Å². The fraction of sp³-hybridized carbons (Fsp3) is 0.714. The van der Waals surface area contributed by atoms with Crippen molar-refractivity contribution in [1.82, 2.24) is 0 Å². The third-order valence-corrected chi connectivity index (χ3v) is 8.42. The second-order valence-corrected chi connectivity index (χ2v) is 10.0. The summed E-state index contributed by atoms with van der Waals surface area (Å²) < 4.78 is 11.4. The Morgan fingerprint density at radius 1 is 1.24 bits per heavy atom. The zero-order valence-electron chi connectivity index (χ0n) is 12.5. The van der Waals surface area contributed by atoms with E-state index in [0.717, 1.165) is 0 Å². The Morgan fingerprint density at radius 3 is 2.12 bits per heavy atom. The Labute approximate surface area is 107 Å². The van der Waals surface area contributed by atoms with E-state index in [4.69, 9.17) is 9.16 Å². The molecule has 0 aromatic heterocycles. The summed E-state index contributed by atoms with van der Waals surface area (Å²) in [5, 5.41) is 0.0773. The van der Waals surface area contributed by atoms with E-state index in [2.05, 4.69) is 46.9 Å². The summed E-state index contributed by atoms with van der Waals surface area (Å²) in [5.41, 5.74) is 4.26. The predicted molar refractivity (Wildman–Crippen MR) is 75.5 cm³/mol. The summed E-state index contributed by atoms with van der Waals surface area (Å²) in [6.45, 7) is 15.4. The topological polar surface area (TPSA) is 18.5 Å². The van der Waals surface area contributed by atoms with Crippen LogP contribution in [0.15, 0.2) is 22.8 Å². The molecule has 0 aromatic carbocycles. The smallest absolute Gasteiger partial charge is 0.203 e. The highest BCUT2D eigenvalue weighted by atomic mass is 28.4. The lowest BCUT2D eigenvalue weighted by Gasteiger charge is -2.41. The van der Waals surface area contributed by atoms with Gasteiger partial charge in [0.05, 0.1) is 0 Å². The summed E-state index contributed by atoms with van der Waals surface area (Å²) in [5.74, 6) is 0. The van der Waals surface area contributed by atoms with Crippen LogP contribution in [0, 0.1) is 0 Å². The molecule has 0 bridgehead atoms. The van der Waals surface area contributed by atoms with Gasteiger partial charge in [0, 0.05) is 12.1 Å². The molecule has 0 N–H and O–H groups in total. The summed E-state index contributed by atoms with van der Waals surface area (Å²) in [6.07, 6.45) is 2.25. The molecule has 1 aliphatic rings. The molecule has 98 valence electrons. The second kappa shape index (κ2) is 4.71. The minimum absolute atomic E-state index is 0.0773. The van der Waals surface area contributed by atoms with Crippen LogP contribution in [0.3, 0.4) is 0 Å². The standard InChI is InChI=1S/C14H26O2Si/c1-10-9-14(5,12(3)11(10)2)17(7,8)16-13(4)15-6/h9,13H,1-8H3. The van der Waals surface area contributed by atoms with E-state index in [0.29, 0.717) is 0 Å². The molecule has 0 spiro atoms. The Bertz CT molecular complexity index is 368. The fourth-order valence-corrected chi connectivity index (χ4v) is 5.37. The second-order valence-electron chi connectivity index (χ2n) is 5.71. The van der Waals surface area contributed by atoms with Gasteiger partial charge in [0.1, 0.15) is 6.29 Å². The van der Waals surface area contributed by atoms with Gasteiger partial charge in [-0.15, -0.1) is 0 Å². The van der Waals surface area contributed by atoms with Crippen LogP contribution in [0.25, 0.3) is 0 Å². The molecule has 3 heteroatoms. The quantitative estimate of drug-likeness (QED) is 0.551. The molecule has 2 atom stereocenters. The van der Waals surface area contributed by atoms with E-state index >= 15 is 0 Å². The Morgan fingerprint density at radius 2 is 1.76 bits per heavy atom. The van der Waals surface area contributed by atoms with Crippen LogP contribution in [0.4, 0.5) is 0 Å². The summed E-state index contributed by atoms with van der Waals surface area (Å²) in [6, 6.07) is 0. The van der Waals surface area contributed by atoms with Crippen molar-refractivity contribution in [1.29, 1.82) is 0 Å². The lowest BCUT2D eigenvalue weighted by molar-refractivity contribution is -0.0469. The maximum Gasteiger partial charge on any atom is 0.203 e. The van der Waals surface area contributed by atoms with Crippen LogP contribution in [0.1, 0.15) is 34.6 Å². The number of methoxy groups -OCH3 is 1. The first-order valence-corrected chi connectivity index (χ1v) is 9.15. The average molecular weight is 254 g/mol. The zero-order valence-corrected chi connectivity index (χ0v) is 13.5. The van der Waals surface area contributed by atoms with Crippen molar-refractivity contribution in [3.05, 3.63) is 22.8 Å². The molecule has 17 heavy (non-hydrogen) atoms. The first-order chi connectivity index (χ1) is 7.65. The largest absolute Gasteiger partial charge is 0.392 e.